The van der Waals surface area contributed by atoms with Crippen LogP contribution in [-0.4, -0.2) is 20.8 Å². The number of rotatable bonds is 3. The summed E-state index contributed by atoms with van der Waals surface area (Å²) in [6.45, 7) is 2.30. The summed E-state index contributed by atoms with van der Waals surface area (Å²) in [7, 11) is 0. The largest absolute Gasteiger partial charge is 0.455 e. The first kappa shape index (κ1) is 36.4. The van der Waals surface area contributed by atoms with Crippen molar-refractivity contribution in [2.75, 3.05) is 0 Å². The molecule has 0 saturated heterocycles. The molecule has 0 N–H and O–H groups in total. The van der Waals surface area contributed by atoms with Crippen molar-refractivity contribution in [1.29, 1.82) is 0 Å². The quantitative estimate of drug-likeness (QED) is 0.175. The van der Waals surface area contributed by atoms with E-state index in [0.29, 0.717) is 12.3 Å². The van der Waals surface area contributed by atoms with Gasteiger partial charge in [-0.15, -0.1) is 11.3 Å². The number of para-hydroxylation sites is 4. The Kier molecular flexibility index (Phi) is 7.83. The second-order valence-corrected chi connectivity index (χ2v) is 18.4. The number of aliphatic imine (C=N–C) groups is 2. The normalized spacial score (nSPS) is 17.3. The lowest BCUT2D eigenvalue weighted by Gasteiger charge is -2.21. The smallest absolute Gasteiger partial charge is 0.161 e. The van der Waals surface area contributed by atoms with E-state index in [4.69, 9.17) is 14.4 Å². The van der Waals surface area contributed by atoms with Gasteiger partial charge < -0.3 is 8.98 Å². The third-order valence-corrected chi connectivity index (χ3v) is 14.7. The molecule has 0 spiro atoms. The van der Waals surface area contributed by atoms with Crippen LogP contribution in [0.1, 0.15) is 24.5 Å². The van der Waals surface area contributed by atoms with Gasteiger partial charge >= 0.3 is 0 Å². The third-order valence-electron chi connectivity index (χ3n) is 13.6. The number of fused-ring (bicyclic) bond motifs is 13. The van der Waals surface area contributed by atoms with E-state index in [-0.39, 0.29) is 5.92 Å². The average Bonchev–Trinajstić information content (AvgIpc) is 4.10. The minimum Gasteiger partial charge on any atom is -0.455 e. The van der Waals surface area contributed by atoms with E-state index >= 15 is 0 Å². The molecular formula is C59H38N4OS. The van der Waals surface area contributed by atoms with Crippen molar-refractivity contribution in [3.05, 3.63) is 205 Å². The van der Waals surface area contributed by atoms with E-state index in [1.54, 1.807) is 0 Å². The number of hydrogen-bond donors (Lipinski definition) is 0. The SMILES string of the molecule is CC1C/C=C(c2c(-n3c4ccccc4c4cc5ccccc5cc43)ccc3c2oc2ccccc23)/N=C(c2ccc3sc4ccccc4c3c2)\N=C/1n1c2ccccc2c2ccccc21. The van der Waals surface area contributed by atoms with Gasteiger partial charge in [0, 0.05) is 64.0 Å². The zero-order valence-corrected chi connectivity index (χ0v) is 36.2. The molecular weight excluding hydrogens is 813 g/mol. The minimum atomic E-state index is 0.0124. The summed E-state index contributed by atoms with van der Waals surface area (Å²) in [5.41, 5.74) is 9.92. The average molecular weight is 851 g/mol. The van der Waals surface area contributed by atoms with Crippen LogP contribution in [0.15, 0.2) is 209 Å². The van der Waals surface area contributed by atoms with E-state index in [0.717, 1.165) is 72.4 Å². The summed E-state index contributed by atoms with van der Waals surface area (Å²) in [4.78, 5) is 11.6. The van der Waals surface area contributed by atoms with Crippen molar-refractivity contribution in [2.24, 2.45) is 15.9 Å². The Labute approximate surface area is 377 Å². The van der Waals surface area contributed by atoms with Crippen LogP contribution >= 0.6 is 11.3 Å². The van der Waals surface area contributed by atoms with Crippen LogP contribution in [0.2, 0.25) is 0 Å². The molecule has 1 unspecified atom stereocenters. The maximum atomic E-state index is 7.02. The van der Waals surface area contributed by atoms with Crippen LogP contribution in [-0.2, 0) is 0 Å². The van der Waals surface area contributed by atoms with Crippen molar-refractivity contribution < 1.29 is 4.42 Å². The fourth-order valence-corrected chi connectivity index (χ4v) is 11.6. The molecule has 9 aromatic carbocycles. The first-order chi connectivity index (χ1) is 32.1. The highest BCUT2D eigenvalue weighted by Crippen LogP contribution is 2.44. The summed E-state index contributed by atoms with van der Waals surface area (Å²) in [6.07, 6.45) is 3.04. The molecule has 0 bridgehead atoms. The van der Waals surface area contributed by atoms with Gasteiger partial charge in [-0.2, -0.15) is 0 Å². The Hall–Kier alpha value is -8.06. The molecule has 5 nitrogen and oxygen atoms in total. The van der Waals surface area contributed by atoms with E-state index in [9.17, 15) is 0 Å². The molecule has 1 aliphatic rings. The van der Waals surface area contributed by atoms with Crippen LogP contribution in [0.25, 0.3) is 108 Å². The van der Waals surface area contributed by atoms with Gasteiger partial charge in [0.2, 0.25) is 0 Å². The third kappa shape index (κ3) is 5.44. The lowest BCUT2D eigenvalue weighted by Crippen LogP contribution is -2.23. The molecule has 0 fully saturated rings. The summed E-state index contributed by atoms with van der Waals surface area (Å²) in [6, 6.07) is 67.7. The van der Waals surface area contributed by atoms with Gasteiger partial charge in [-0.25, -0.2) is 9.98 Å². The number of thiophene rings is 1. The molecule has 6 heteroatoms. The second-order valence-electron chi connectivity index (χ2n) is 17.3. The Balaban J connectivity index is 1.09. The van der Waals surface area contributed by atoms with Gasteiger partial charge in [0.1, 0.15) is 17.0 Å². The zero-order valence-electron chi connectivity index (χ0n) is 35.4. The van der Waals surface area contributed by atoms with Gasteiger partial charge in [-0.05, 0) is 90.0 Å². The number of furan rings is 1. The summed E-state index contributed by atoms with van der Waals surface area (Å²) in [5.74, 6) is 1.63. The topological polar surface area (TPSA) is 47.7 Å². The summed E-state index contributed by atoms with van der Waals surface area (Å²) >= 11 is 1.82. The van der Waals surface area contributed by atoms with Crippen LogP contribution in [0.5, 0.6) is 0 Å². The minimum absolute atomic E-state index is 0.0124. The fraction of sp³-hybridized carbons (Fsp3) is 0.0508. The first-order valence-corrected chi connectivity index (χ1v) is 23.1. The molecule has 0 aliphatic carbocycles. The Bertz CT molecular complexity index is 4190. The van der Waals surface area contributed by atoms with Crippen LogP contribution in [0.4, 0.5) is 0 Å². The van der Waals surface area contributed by atoms with Gasteiger partial charge in [-0.1, -0.05) is 128 Å². The number of allylic oxidation sites excluding steroid dienone is 1. The molecule has 1 atom stereocenters. The van der Waals surface area contributed by atoms with Crippen LogP contribution in [0.3, 0.4) is 0 Å². The standard InChI is InChI=1S/C59H38N4OS/c1-35-26-29-47(56-51(30-28-44-42-19-7-12-24-53(42)64-57(44)56)62-48-21-9-6-18-41(48)45-32-36-14-2-3-15-37(36)34-52(45)62)60-58(38-27-31-55-46(33-38)43-20-8-13-25-54(43)65-55)61-59(35)63-49-22-10-4-16-39(49)40-17-5-11-23-50(40)63/h2-25,27-35H,26H2,1H3/b47-29+,60-58-,61-59+. The van der Waals surface area contributed by atoms with Gasteiger partial charge in [0.25, 0.3) is 0 Å². The van der Waals surface area contributed by atoms with Gasteiger partial charge in [-0.3, -0.25) is 4.57 Å². The zero-order chi connectivity index (χ0) is 42.8. The Morgan fingerprint density at radius 3 is 1.88 bits per heavy atom. The predicted octanol–water partition coefficient (Wildman–Crippen LogP) is 16.1. The van der Waals surface area contributed by atoms with Crippen LogP contribution in [0, 0.1) is 5.92 Å². The van der Waals surface area contributed by atoms with E-state index in [1.165, 1.54) is 52.5 Å². The predicted molar refractivity (Wildman–Crippen MR) is 275 cm³/mol. The molecule has 13 aromatic rings. The maximum absolute atomic E-state index is 7.02. The molecule has 0 radical (unpaired) electrons. The van der Waals surface area contributed by atoms with E-state index < -0.39 is 0 Å². The monoisotopic (exact) mass is 850 g/mol. The van der Waals surface area contributed by atoms with Crippen molar-refractivity contribution >= 4 is 125 Å². The molecule has 5 heterocycles. The Morgan fingerprint density at radius 1 is 0.492 bits per heavy atom. The van der Waals surface area contributed by atoms with Crippen molar-refractivity contribution in [2.45, 2.75) is 13.3 Å². The highest BCUT2D eigenvalue weighted by molar-refractivity contribution is 7.25. The van der Waals surface area contributed by atoms with Gasteiger partial charge in [0.05, 0.1) is 39.0 Å². The fourth-order valence-electron chi connectivity index (χ4n) is 10.5. The molecule has 1 aliphatic heterocycles. The molecule has 0 saturated carbocycles. The Morgan fingerprint density at radius 2 is 1.11 bits per heavy atom. The van der Waals surface area contributed by atoms with E-state index in [1.807, 2.05) is 17.4 Å². The lowest BCUT2D eigenvalue weighted by atomic mass is 9.99. The number of nitrogens with zero attached hydrogens (tertiary/aromatic N) is 4. The molecule has 4 aromatic heterocycles. The molecule has 0 amide bonds. The number of hydrogen-bond acceptors (Lipinski definition) is 4. The van der Waals surface area contributed by atoms with Crippen molar-refractivity contribution in [1.82, 2.24) is 9.13 Å². The van der Waals surface area contributed by atoms with Crippen molar-refractivity contribution in [3.8, 4) is 5.69 Å². The highest BCUT2D eigenvalue weighted by atomic mass is 32.1. The highest BCUT2D eigenvalue weighted by Gasteiger charge is 2.27. The number of amidine groups is 1. The molecule has 65 heavy (non-hydrogen) atoms. The maximum Gasteiger partial charge on any atom is 0.161 e. The molecule has 306 valence electrons. The number of benzene rings is 9. The lowest BCUT2D eigenvalue weighted by molar-refractivity contribution is 0.667. The number of aromatic nitrogens is 2. The summed E-state index contributed by atoms with van der Waals surface area (Å²) in [5, 5.41) is 11.8. The van der Waals surface area contributed by atoms with Gasteiger partial charge in [0.15, 0.2) is 5.84 Å². The summed E-state index contributed by atoms with van der Waals surface area (Å²) < 4.78 is 14.3. The first-order valence-electron chi connectivity index (χ1n) is 22.3. The molecule has 14 rings (SSSR count). The van der Waals surface area contributed by atoms with Crippen molar-refractivity contribution in [3.63, 3.8) is 0 Å². The van der Waals surface area contributed by atoms with Crippen LogP contribution < -0.4 is 0 Å². The second kappa shape index (κ2) is 14.0. The van der Waals surface area contributed by atoms with E-state index in [2.05, 4.69) is 204 Å².